The Morgan fingerprint density at radius 3 is 2.07 bits per heavy atom. The van der Waals surface area contributed by atoms with Gasteiger partial charge in [-0.1, -0.05) is 0 Å². The molecule has 0 aromatic heterocycles. The molecule has 1 unspecified atom stereocenters. The molecule has 0 amide bonds. The summed E-state index contributed by atoms with van der Waals surface area (Å²) in [5.74, 6) is 0. The number of nitrogens with one attached hydrogen (secondary N) is 1. The van der Waals surface area contributed by atoms with Gasteiger partial charge >= 0.3 is 8.80 Å². The number of hydrogen-bond donors (Lipinski definition) is 2. The third-order valence-electron chi connectivity index (χ3n) is 2.03. The molecule has 2 N–H and O–H groups in total. The van der Waals surface area contributed by atoms with Gasteiger partial charge in [-0.25, -0.2) is 0 Å². The highest BCUT2D eigenvalue weighted by Gasteiger charge is 2.36. The number of aliphatic hydroxyl groups is 1. The smallest absolute Gasteiger partial charge is 0.379 e. The average Bonchev–Trinajstić information content (AvgIpc) is 2.19. The Bertz CT molecular complexity index is 133. The molecule has 0 aromatic carbocycles. The van der Waals surface area contributed by atoms with Crippen LogP contribution in [0.25, 0.3) is 0 Å². The fourth-order valence-electron chi connectivity index (χ4n) is 1.17. The number of rotatable bonds is 8. The molecule has 14 heavy (non-hydrogen) atoms. The van der Waals surface area contributed by atoms with Gasteiger partial charge in [0.15, 0.2) is 0 Å². The number of aliphatic hydroxyl groups excluding tert-OH is 1. The SMILES string of the molecule is CO[Si](CCCNC(C)O)(OC)OC. The highest BCUT2D eigenvalue weighted by atomic mass is 28.4. The molecule has 5 nitrogen and oxygen atoms in total. The third-order valence-corrected chi connectivity index (χ3v) is 4.86. The van der Waals surface area contributed by atoms with Crippen molar-refractivity contribution < 1.29 is 18.4 Å². The maximum atomic E-state index is 8.96. The van der Waals surface area contributed by atoms with Crippen LogP contribution in [-0.2, 0) is 13.3 Å². The van der Waals surface area contributed by atoms with Crippen molar-refractivity contribution in [2.75, 3.05) is 27.9 Å². The zero-order valence-corrected chi connectivity index (χ0v) is 10.4. The maximum Gasteiger partial charge on any atom is 0.500 e. The van der Waals surface area contributed by atoms with Crippen molar-refractivity contribution in [2.24, 2.45) is 0 Å². The van der Waals surface area contributed by atoms with Crippen LogP contribution in [0.5, 0.6) is 0 Å². The molecular weight excluding hydrogens is 202 g/mol. The molecular formula is C8H21NO4Si. The Balaban J connectivity index is 3.71. The Hall–Kier alpha value is 0.0169. The number of hydrogen-bond acceptors (Lipinski definition) is 5. The van der Waals surface area contributed by atoms with Crippen molar-refractivity contribution in [3.05, 3.63) is 0 Å². The lowest BCUT2D eigenvalue weighted by Gasteiger charge is -2.24. The van der Waals surface area contributed by atoms with Crippen LogP contribution < -0.4 is 5.32 Å². The molecule has 0 aliphatic rings. The molecule has 0 spiro atoms. The normalized spacial score (nSPS) is 14.4. The fourth-order valence-corrected chi connectivity index (χ4v) is 2.89. The van der Waals surface area contributed by atoms with Gasteiger partial charge in [0.25, 0.3) is 0 Å². The first-order chi connectivity index (χ1) is 6.60. The topological polar surface area (TPSA) is 60.0 Å². The van der Waals surface area contributed by atoms with E-state index in [9.17, 15) is 0 Å². The zero-order chi connectivity index (χ0) is 11.0. The highest BCUT2D eigenvalue weighted by Crippen LogP contribution is 2.14. The molecule has 0 radical (unpaired) electrons. The van der Waals surface area contributed by atoms with Crippen LogP contribution in [0, 0.1) is 0 Å². The van der Waals surface area contributed by atoms with E-state index in [0.717, 1.165) is 19.0 Å². The largest absolute Gasteiger partial charge is 0.500 e. The molecule has 0 aromatic rings. The first-order valence-electron chi connectivity index (χ1n) is 4.67. The predicted molar refractivity (Wildman–Crippen MR) is 55.9 cm³/mol. The maximum absolute atomic E-state index is 8.96. The molecule has 0 rings (SSSR count). The molecule has 0 bridgehead atoms. The Kier molecular flexibility index (Phi) is 7.34. The first-order valence-corrected chi connectivity index (χ1v) is 6.60. The molecule has 86 valence electrons. The van der Waals surface area contributed by atoms with Crippen molar-refractivity contribution in [3.63, 3.8) is 0 Å². The molecule has 0 saturated heterocycles. The van der Waals surface area contributed by atoms with Crippen molar-refractivity contribution in [1.82, 2.24) is 5.32 Å². The van der Waals surface area contributed by atoms with Gasteiger partial charge in [-0.2, -0.15) is 0 Å². The summed E-state index contributed by atoms with van der Waals surface area (Å²) in [5, 5.41) is 11.9. The van der Waals surface area contributed by atoms with E-state index in [1.54, 1.807) is 28.3 Å². The summed E-state index contributed by atoms with van der Waals surface area (Å²) in [6, 6.07) is 0.746. The van der Waals surface area contributed by atoms with Crippen LogP contribution in [0.15, 0.2) is 0 Å². The van der Waals surface area contributed by atoms with E-state index in [1.165, 1.54) is 0 Å². The van der Waals surface area contributed by atoms with Gasteiger partial charge in [0.2, 0.25) is 0 Å². The lowest BCUT2D eigenvalue weighted by atomic mass is 10.4. The minimum absolute atomic E-state index is 0.473. The summed E-state index contributed by atoms with van der Waals surface area (Å²) < 4.78 is 15.7. The van der Waals surface area contributed by atoms with E-state index in [-0.39, 0.29) is 0 Å². The lowest BCUT2D eigenvalue weighted by Crippen LogP contribution is -2.43. The summed E-state index contributed by atoms with van der Waals surface area (Å²) in [4.78, 5) is 0. The van der Waals surface area contributed by atoms with E-state index in [2.05, 4.69) is 5.32 Å². The minimum Gasteiger partial charge on any atom is -0.379 e. The Morgan fingerprint density at radius 2 is 1.71 bits per heavy atom. The molecule has 0 saturated carbocycles. The summed E-state index contributed by atoms with van der Waals surface area (Å²) in [5.41, 5.74) is 0. The summed E-state index contributed by atoms with van der Waals surface area (Å²) in [7, 11) is 2.38. The van der Waals surface area contributed by atoms with E-state index >= 15 is 0 Å². The highest BCUT2D eigenvalue weighted by molar-refractivity contribution is 6.60. The summed E-state index contributed by atoms with van der Waals surface area (Å²) >= 11 is 0. The average molecular weight is 223 g/mol. The predicted octanol–water partition coefficient (Wildman–Crippen LogP) is 0.182. The second kappa shape index (κ2) is 7.33. The van der Waals surface area contributed by atoms with Gasteiger partial charge in [0.1, 0.15) is 6.23 Å². The molecule has 1 atom stereocenters. The van der Waals surface area contributed by atoms with Gasteiger partial charge in [-0.3, -0.25) is 5.32 Å². The molecule has 0 aliphatic heterocycles. The van der Waals surface area contributed by atoms with Crippen LogP contribution in [-0.4, -0.2) is 48.0 Å². The standard InChI is InChI=1S/C8H21NO4Si/c1-8(10)9-6-5-7-14(11-2,12-3)13-4/h8-10H,5-7H2,1-4H3. The third kappa shape index (κ3) is 5.04. The van der Waals surface area contributed by atoms with Crippen LogP contribution in [0.1, 0.15) is 13.3 Å². The van der Waals surface area contributed by atoms with Gasteiger partial charge in [-0.05, 0) is 19.9 Å². The van der Waals surface area contributed by atoms with Crippen molar-refractivity contribution in [2.45, 2.75) is 25.6 Å². The van der Waals surface area contributed by atoms with Crippen molar-refractivity contribution in [1.29, 1.82) is 0 Å². The van der Waals surface area contributed by atoms with Crippen LogP contribution in [0.3, 0.4) is 0 Å². The summed E-state index contributed by atoms with van der Waals surface area (Å²) in [6.45, 7) is 2.41. The van der Waals surface area contributed by atoms with E-state index in [0.29, 0.717) is 0 Å². The molecule has 0 heterocycles. The monoisotopic (exact) mass is 223 g/mol. The molecule has 6 heteroatoms. The quantitative estimate of drug-likeness (QED) is 0.349. The van der Waals surface area contributed by atoms with Crippen LogP contribution in [0.2, 0.25) is 6.04 Å². The first kappa shape index (κ1) is 14.0. The minimum atomic E-state index is -2.41. The van der Waals surface area contributed by atoms with Crippen molar-refractivity contribution in [3.8, 4) is 0 Å². The van der Waals surface area contributed by atoms with Crippen LogP contribution in [0.4, 0.5) is 0 Å². The second-order valence-electron chi connectivity index (χ2n) is 3.03. The molecule has 0 aliphatic carbocycles. The molecule has 0 fully saturated rings. The second-order valence-corrected chi connectivity index (χ2v) is 6.12. The summed E-state index contributed by atoms with van der Waals surface area (Å²) in [6.07, 6.45) is 0.380. The van der Waals surface area contributed by atoms with E-state index < -0.39 is 15.0 Å². The Morgan fingerprint density at radius 1 is 1.21 bits per heavy atom. The van der Waals surface area contributed by atoms with Gasteiger partial charge in [-0.15, -0.1) is 0 Å². The van der Waals surface area contributed by atoms with Gasteiger partial charge in [0, 0.05) is 27.4 Å². The van der Waals surface area contributed by atoms with Crippen LogP contribution >= 0.6 is 0 Å². The fraction of sp³-hybridized carbons (Fsp3) is 1.00. The van der Waals surface area contributed by atoms with Crippen molar-refractivity contribution >= 4 is 8.80 Å². The van der Waals surface area contributed by atoms with E-state index in [1.807, 2.05) is 0 Å². The van der Waals surface area contributed by atoms with E-state index in [4.69, 9.17) is 18.4 Å². The lowest BCUT2D eigenvalue weighted by molar-refractivity contribution is 0.121. The van der Waals surface area contributed by atoms with Gasteiger partial charge < -0.3 is 18.4 Å². The zero-order valence-electron chi connectivity index (χ0n) is 9.37. The Labute approximate surface area is 86.7 Å². The van der Waals surface area contributed by atoms with Gasteiger partial charge in [0.05, 0.1) is 0 Å².